The molecule has 0 unspecified atom stereocenters. The zero-order valence-corrected chi connectivity index (χ0v) is 16.3. The van der Waals surface area contributed by atoms with Crippen LogP contribution in [0.4, 0.5) is 14.9 Å². The third kappa shape index (κ3) is 6.25. The Morgan fingerprint density at radius 1 is 1.19 bits per heavy atom. The first-order valence-corrected chi connectivity index (χ1v) is 8.98. The van der Waals surface area contributed by atoms with Gasteiger partial charge in [0.25, 0.3) is 5.91 Å². The number of amides is 3. The molecule has 0 spiro atoms. The summed E-state index contributed by atoms with van der Waals surface area (Å²) in [6.45, 7) is 4.81. The van der Waals surface area contributed by atoms with Crippen molar-refractivity contribution in [3.63, 3.8) is 0 Å². The Morgan fingerprint density at radius 3 is 2.56 bits per heavy atom. The standard InChI is InChI=1S/C20H23ClFN3O2/c1-13(2)11-23-19(26)17-8-7-16(10-18(17)21)24-20(27)25(3)12-14-5-4-6-15(22)9-14/h4-10,13H,11-12H2,1-3H3,(H,23,26)(H,24,27). The Labute approximate surface area is 163 Å². The molecule has 2 N–H and O–H groups in total. The van der Waals surface area contributed by atoms with E-state index in [9.17, 15) is 14.0 Å². The van der Waals surface area contributed by atoms with Gasteiger partial charge in [-0.3, -0.25) is 4.79 Å². The van der Waals surface area contributed by atoms with Crippen LogP contribution in [0.1, 0.15) is 29.8 Å². The number of carbonyl (C=O) groups excluding carboxylic acids is 2. The predicted molar refractivity (Wildman–Crippen MR) is 106 cm³/mol. The van der Waals surface area contributed by atoms with Crippen LogP contribution in [0.5, 0.6) is 0 Å². The average Bonchev–Trinajstić information content (AvgIpc) is 2.59. The van der Waals surface area contributed by atoms with Crippen LogP contribution in [0.2, 0.25) is 5.02 Å². The van der Waals surface area contributed by atoms with Crippen LogP contribution in [0.3, 0.4) is 0 Å². The summed E-state index contributed by atoms with van der Waals surface area (Å²) in [4.78, 5) is 25.9. The molecule has 0 heterocycles. The topological polar surface area (TPSA) is 61.4 Å². The van der Waals surface area contributed by atoms with E-state index in [1.165, 1.54) is 23.1 Å². The first-order chi connectivity index (χ1) is 12.8. The molecule has 27 heavy (non-hydrogen) atoms. The van der Waals surface area contributed by atoms with Gasteiger partial charge in [0.2, 0.25) is 0 Å². The second kappa shape index (κ2) is 9.37. The number of urea groups is 1. The molecule has 0 aliphatic rings. The molecular weight excluding hydrogens is 369 g/mol. The zero-order valence-electron chi connectivity index (χ0n) is 15.6. The van der Waals surface area contributed by atoms with Gasteiger partial charge >= 0.3 is 6.03 Å². The summed E-state index contributed by atoms with van der Waals surface area (Å²) in [5.41, 5.74) is 1.50. The predicted octanol–water partition coefficient (Wildman–Crippen LogP) is 4.53. The lowest BCUT2D eigenvalue weighted by molar-refractivity contribution is 0.0949. The van der Waals surface area contributed by atoms with Gasteiger partial charge < -0.3 is 15.5 Å². The molecule has 2 aromatic carbocycles. The molecular formula is C20H23ClFN3O2. The van der Waals surface area contributed by atoms with Crippen molar-refractivity contribution >= 4 is 29.2 Å². The maximum absolute atomic E-state index is 13.2. The number of anilines is 1. The minimum atomic E-state index is -0.368. The van der Waals surface area contributed by atoms with Crippen molar-refractivity contribution in [2.24, 2.45) is 5.92 Å². The van der Waals surface area contributed by atoms with Gasteiger partial charge in [-0.15, -0.1) is 0 Å². The van der Waals surface area contributed by atoms with E-state index >= 15 is 0 Å². The summed E-state index contributed by atoms with van der Waals surface area (Å²) in [5, 5.41) is 5.76. The van der Waals surface area contributed by atoms with Crippen molar-refractivity contribution in [1.29, 1.82) is 0 Å². The second-order valence-corrected chi connectivity index (χ2v) is 7.12. The SMILES string of the molecule is CC(C)CNC(=O)c1ccc(NC(=O)N(C)Cc2cccc(F)c2)cc1Cl. The third-order valence-corrected chi connectivity index (χ3v) is 4.10. The van der Waals surface area contributed by atoms with Crippen LogP contribution in [-0.2, 0) is 6.54 Å². The highest BCUT2D eigenvalue weighted by Gasteiger charge is 2.14. The summed E-state index contributed by atoms with van der Waals surface area (Å²) in [6.07, 6.45) is 0. The van der Waals surface area contributed by atoms with E-state index in [0.717, 1.165) is 0 Å². The lowest BCUT2D eigenvalue weighted by Crippen LogP contribution is -2.31. The van der Waals surface area contributed by atoms with E-state index in [0.29, 0.717) is 29.3 Å². The fourth-order valence-electron chi connectivity index (χ4n) is 2.37. The average molecular weight is 392 g/mol. The molecule has 0 aliphatic heterocycles. The number of nitrogens with zero attached hydrogens (tertiary/aromatic N) is 1. The molecule has 0 radical (unpaired) electrons. The molecule has 0 aliphatic carbocycles. The molecule has 2 aromatic rings. The van der Waals surface area contributed by atoms with Crippen LogP contribution in [0, 0.1) is 11.7 Å². The van der Waals surface area contributed by atoms with Gasteiger partial charge in [0.1, 0.15) is 5.82 Å². The number of nitrogens with one attached hydrogen (secondary N) is 2. The number of hydrogen-bond donors (Lipinski definition) is 2. The van der Waals surface area contributed by atoms with Gasteiger partial charge in [0.15, 0.2) is 0 Å². The van der Waals surface area contributed by atoms with Gasteiger partial charge in [-0.1, -0.05) is 37.6 Å². The highest BCUT2D eigenvalue weighted by Crippen LogP contribution is 2.21. The van der Waals surface area contributed by atoms with Crippen molar-refractivity contribution in [1.82, 2.24) is 10.2 Å². The fourth-order valence-corrected chi connectivity index (χ4v) is 2.64. The summed E-state index contributed by atoms with van der Waals surface area (Å²) in [7, 11) is 1.61. The quantitative estimate of drug-likeness (QED) is 0.760. The maximum Gasteiger partial charge on any atom is 0.321 e. The minimum Gasteiger partial charge on any atom is -0.352 e. The molecule has 0 bridgehead atoms. The van der Waals surface area contributed by atoms with Crippen LogP contribution in [0.25, 0.3) is 0 Å². The molecule has 144 valence electrons. The first-order valence-electron chi connectivity index (χ1n) is 8.60. The van der Waals surface area contributed by atoms with Gasteiger partial charge in [-0.25, -0.2) is 9.18 Å². The van der Waals surface area contributed by atoms with Crippen molar-refractivity contribution < 1.29 is 14.0 Å². The number of hydrogen-bond acceptors (Lipinski definition) is 2. The summed E-state index contributed by atoms with van der Waals surface area (Å²) in [6, 6.07) is 10.4. The first kappa shape index (κ1) is 20.7. The molecule has 0 atom stereocenters. The van der Waals surface area contributed by atoms with Crippen molar-refractivity contribution in [2.75, 3.05) is 18.9 Å². The number of rotatable bonds is 6. The minimum absolute atomic E-state index is 0.252. The summed E-state index contributed by atoms with van der Waals surface area (Å²) in [5.74, 6) is -0.269. The van der Waals surface area contributed by atoms with Crippen molar-refractivity contribution in [3.05, 3.63) is 64.4 Å². The molecule has 2 rings (SSSR count). The normalized spacial score (nSPS) is 10.6. The molecule has 7 heteroatoms. The van der Waals surface area contributed by atoms with Crippen molar-refractivity contribution in [2.45, 2.75) is 20.4 Å². The largest absolute Gasteiger partial charge is 0.352 e. The second-order valence-electron chi connectivity index (χ2n) is 6.71. The number of halogens is 2. The zero-order chi connectivity index (χ0) is 20.0. The summed E-state index contributed by atoms with van der Waals surface area (Å²) < 4.78 is 13.2. The van der Waals surface area contributed by atoms with Crippen molar-refractivity contribution in [3.8, 4) is 0 Å². The van der Waals surface area contributed by atoms with E-state index in [1.54, 1.807) is 31.3 Å². The molecule has 5 nitrogen and oxygen atoms in total. The van der Waals surface area contributed by atoms with E-state index in [2.05, 4.69) is 10.6 Å². The van der Waals surface area contributed by atoms with Gasteiger partial charge in [-0.2, -0.15) is 0 Å². The molecule has 0 saturated heterocycles. The molecule has 0 aromatic heterocycles. The van der Waals surface area contributed by atoms with Crippen LogP contribution >= 0.6 is 11.6 Å². The van der Waals surface area contributed by atoms with E-state index in [1.807, 2.05) is 13.8 Å². The fraction of sp³-hybridized carbons (Fsp3) is 0.300. The summed E-state index contributed by atoms with van der Waals surface area (Å²) >= 11 is 6.18. The third-order valence-electron chi connectivity index (χ3n) is 3.79. The Hall–Kier alpha value is -2.60. The Balaban J connectivity index is 1.99. The van der Waals surface area contributed by atoms with Crippen LogP contribution in [0.15, 0.2) is 42.5 Å². The smallest absolute Gasteiger partial charge is 0.321 e. The monoisotopic (exact) mass is 391 g/mol. The van der Waals surface area contributed by atoms with Gasteiger partial charge in [0.05, 0.1) is 10.6 Å². The van der Waals surface area contributed by atoms with E-state index in [4.69, 9.17) is 11.6 Å². The van der Waals surface area contributed by atoms with Crippen LogP contribution < -0.4 is 10.6 Å². The lowest BCUT2D eigenvalue weighted by atomic mass is 10.1. The molecule has 0 saturated carbocycles. The highest BCUT2D eigenvalue weighted by atomic mass is 35.5. The Morgan fingerprint density at radius 2 is 1.93 bits per heavy atom. The Bertz CT molecular complexity index is 827. The van der Waals surface area contributed by atoms with Crippen LogP contribution in [-0.4, -0.2) is 30.4 Å². The lowest BCUT2D eigenvalue weighted by Gasteiger charge is -2.18. The maximum atomic E-state index is 13.2. The van der Waals surface area contributed by atoms with E-state index in [-0.39, 0.29) is 29.3 Å². The number of benzene rings is 2. The van der Waals surface area contributed by atoms with Gasteiger partial charge in [-0.05, 0) is 41.8 Å². The van der Waals surface area contributed by atoms with E-state index < -0.39 is 0 Å². The highest BCUT2D eigenvalue weighted by molar-refractivity contribution is 6.34. The molecule has 0 fully saturated rings. The molecule has 3 amide bonds. The Kier molecular flexibility index (Phi) is 7.19. The number of carbonyl (C=O) groups is 2. The van der Waals surface area contributed by atoms with Gasteiger partial charge in [0, 0.05) is 25.8 Å².